The van der Waals surface area contributed by atoms with E-state index in [0.29, 0.717) is 16.9 Å². The summed E-state index contributed by atoms with van der Waals surface area (Å²) in [4.78, 5) is 12.9. The Bertz CT molecular complexity index is 1020. The van der Waals surface area contributed by atoms with Gasteiger partial charge >= 0.3 is 0 Å². The standard InChI is InChI=1S/C20H20FNO4S/c1-4-22-27(24,25)16-10-8-13(9-11-16)18-17(19(23)20(2,3)26-18)14-6-5-7-15(21)12-14/h5-12,22H,4H2,1-3H3. The normalized spacial score (nSPS) is 16.5. The lowest BCUT2D eigenvalue weighted by atomic mass is 9.92. The molecule has 5 nitrogen and oxygen atoms in total. The molecule has 3 rings (SSSR count). The molecule has 0 spiro atoms. The number of nitrogens with one attached hydrogen (secondary N) is 1. The second-order valence-corrected chi connectivity index (χ2v) is 8.45. The molecule has 1 aliphatic rings. The molecule has 27 heavy (non-hydrogen) atoms. The third kappa shape index (κ3) is 3.65. The largest absolute Gasteiger partial charge is 0.478 e. The van der Waals surface area contributed by atoms with Gasteiger partial charge in [-0.15, -0.1) is 0 Å². The molecule has 1 N–H and O–H groups in total. The van der Waals surface area contributed by atoms with E-state index in [2.05, 4.69) is 4.72 Å². The van der Waals surface area contributed by atoms with Gasteiger partial charge in [0.05, 0.1) is 10.5 Å². The van der Waals surface area contributed by atoms with E-state index in [1.807, 2.05) is 0 Å². The van der Waals surface area contributed by atoms with Gasteiger partial charge in [0.25, 0.3) is 0 Å². The first-order valence-electron chi connectivity index (χ1n) is 8.50. The summed E-state index contributed by atoms with van der Waals surface area (Å²) in [7, 11) is -3.58. The fourth-order valence-corrected chi connectivity index (χ4v) is 3.97. The SMILES string of the molecule is CCNS(=O)(=O)c1ccc(C2=C(c3cccc(F)c3)C(=O)C(C)(C)O2)cc1. The quantitative estimate of drug-likeness (QED) is 0.851. The van der Waals surface area contributed by atoms with Crippen molar-refractivity contribution in [1.29, 1.82) is 0 Å². The molecule has 1 heterocycles. The van der Waals surface area contributed by atoms with Crippen LogP contribution in [0.3, 0.4) is 0 Å². The predicted molar refractivity (Wildman–Crippen MR) is 101 cm³/mol. The van der Waals surface area contributed by atoms with Gasteiger partial charge in [0, 0.05) is 12.1 Å². The van der Waals surface area contributed by atoms with Crippen LogP contribution < -0.4 is 4.72 Å². The average molecular weight is 389 g/mol. The van der Waals surface area contributed by atoms with Crippen molar-refractivity contribution >= 4 is 27.1 Å². The van der Waals surface area contributed by atoms with Gasteiger partial charge in [-0.3, -0.25) is 4.79 Å². The molecule has 1 aliphatic heterocycles. The van der Waals surface area contributed by atoms with Crippen LogP contribution in [0.1, 0.15) is 31.9 Å². The summed E-state index contributed by atoms with van der Waals surface area (Å²) in [5, 5.41) is 0. The van der Waals surface area contributed by atoms with E-state index in [-0.39, 0.29) is 22.8 Å². The molecule has 0 amide bonds. The second-order valence-electron chi connectivity index (χ2n) is 6.68. The van der Waals surface area contributed by atoms with Crippen LogP contribution in [-0.2, 0) is 19.6 Å². The van der Waals surface area contributed by atoms with E-state index in [0.717, 1.165) is 0 Å². The first-order valence-corrected chi connectivity index (χ1v) is 9.98. The fraction of sp³-hybridized carbons (Fsp3) is 0.250. The van der Waals surface area contributed by atoms with Gasteiger partial charge in [-0.25, -0.2) is 17.5 Å². The maximum Gasteiger partial charge on any atom is 0.240 e. The van der Waals surface area contributed by atoms with Crippen LogP contribution in [0.25, 0.3) is 11.3 Å². The third-order valence-electron chi connectivity index (χ3n) is 4.23. The molecule has 0 atom stereocenters. The van der Waals surface area contributed by atoms with Crippen molar-refractivity contribution in [2.75, 3.05) is 6.54 Å². The third-order valence-corrected chi connectivity index (χ3v) is 5.79. The highest BCUT2D eigenvalue weighted by Gasteiger charge is 2.42. The highest BCUT2D eigenvalue weighted by atomic mass is 32.2. The minimum atomic E-state index is -3.58. The predicted octanol–water partition coefficient (Wildman–Crippen LogP) is 3.37. The number of benzene rings is 2. The molecular weight excluding hydrogens is 369 g/mol. The van der Waals surface area contributed by atoms with Crippen LogP contribution >= 0.6 is 0 Å². The zero-order valence-corrected chi connectivity index (χ0v) is 16.1. The topological polar surface area (TPSA) is 72.5 Å². The number of sulfonamides is 1. The Morgan fingerprint density at radius 3 is 2.33 bits per heavy atom. The summed E-state index contributed by atoms with van der Waals surface area (Å²) in [5.41, 5.74) is 0.154. The van der Waals surface area contributed by atoms with E-state index in [1.165, 1.54) is 30.3 Å². The van der Waals surface area contributed by atoms with Crippen molar-refractivity contribution in [3.63, 3.8) is 0 Å². The van der Waals surface area contributed by atoms with Gasteiger partial charge in [-0.2, -0.15) is 0 Å². The van der Waals surface area contributed by atoms with Crippen LogP contribution in [-0.4, -0.2) is 26.3 Å². The van der Waals surface area contributed by atoms with Crippen molar-refractivity contribution in [3.05, 3.63) is 65.5 Å². The van der Waals surface area contributed by atoms with Crippen LogP contribution in [0.2, 0.25) is 0 Å². The maximum absolute atomic E-state index is 13.7. The molecule has 0 fully saturated rings. The lowest BCUT2D eigenvalue weighted by Crippen LogP contribution is -2.29. The Kier molecular flexibility index (Phi) is 4.92. The van der Waals surface area contributed by atoms with Gasteiger partial charge < -0.3 is 4.74 Å². The molecule has 0 aliphatic carbocycles. The summed E-state index contributed by atoms with van der Waals surface area (Å²) >= 11 is 0. The minimum absolute atomic E-state index is 0.115. The molecule has 0 saturated carbocycles. The molecule has 0 aromatic heterocycles. The summed E-state index contributed by atoms with van der Waals surface area (Å²) in [5.74, 6) is -0.403. The molecule has 2 aromatic carbocycles. The average Bonchev–Trinajstić information content (AvgIpc) is 2.85. The Balaban J connectivity index is 2.10. The molecule has 7 heteroatoms. The van der Waals surface area contributed by atoms with Gasteiger partial charge in [0.2, 0.25) is 15.8 Å². The molecular formula is C20H20FNO4S. The Morgan fingerprint density at radius 2 is 1.74 bits per heavy atom. The van der Waals surface area contributed by atoms with Gasteiger partial charge in [-0.1, -0.05) is 19.1 Å². The first-order chi connectivity index (χ1) is 12.7. The number of ketones is 1. The number of hydrogen-bond donors (Lipinski definition) is 1. The summed E-state index contributed by atoms with van der Waals surface area (Å²) < 4.78 is 46.2. The zero-order chi connectivity index (χ0) is 19.8. The Hall–Kier alpha value is -2.51. The van der Waals surface area contributed by atoms with Crippen LogP contribution in [0, 0.1) is 5.82 Å². The molecule has 0 unspecified atom stereocenters. The number of carbonyl (C=O) groups is 1. The monoisotopic (exact) mass is 389 g/mol. The number of halogens is 1. The Morgan fingerprint density at radius 1 is 1.07 bits per heavy atom. The van der Waals surface area contributed by atoms with Crippen molar-refractivity contribution < 1.29 is 22.3 Å². The lowest BCUT2D eigenvalue weighted by Gasteiger charge is -2.18. The maximum atomic E-state index is 13.7. The smallest absolute Gasteiger partial charge is 0.240 e. The van der Waals surface area contributed by atoms with Gasteiger partial charge in [-0.05, 0) is 55.8 Å². The summed E-state index contributed by atoms with van der Waals surface area (Å²) in [6.45, 7) is 5.27. The molecule has 142 valence electrons. The van der Waals surface area contributed by atoms with Crippen LogP contribution in [0.4, 0.5) is 4.39 Å². The van der Waals surface area contributed by atoms with Crippen molar-refractivity contribution in [2.24, 2.45) is 0 Å². The van der Waals surface area contributed by atoms with E-state index < -0.39 is 21.4 Å². The highest BCUT2D eigenvalue weighted by Crippen LogP contribution is 2.41. The lowest BCUT2D eigenvalue weighted by molar-refractivity contribution is -0.125. The molecule has 0 radical (unpaired) electrons. The number of hydrogen-bond acceptors (Lipinski definition) is 4. The van der Waals surface area contributed by atoms with Gasteiger partial charge in [0.15, 0.2) is 5.60 Å². The van der Waals surface area contributed by atoms with Crippen molar-refractivity contribution in [3.8, 4) is 0 Å². The first kappa shape index (κ1) is 19.3. The number of rotatable bonds is 5. The summed E-state index contributed by atoms with van der Waals surface area (Å²) in [6.07, 6.45) is 0. The molecule has 2 aromatic rings. The fourth-order valence-electron chi connectivity index (χ4n) is 2.92. The second kappa shape index (κ2) is 6.90. The minimum Gasteiger partial charge on any atom is -0.478 e. The van der Waals surface area contributed by atoms with E-state index in [4.69, 9.17) is 4.74 Å². The Labute approximate surface area is 157 Å². The van der Waals surface area contributed by atoms with Crippen LogP contribution in [0.5, 0.6) is 0 Å². The number of ether oxygens (including phenoxy) is 1. The number of Topliss-reactive ketones (excluding diaryl/α,β-unsaturated/α-hetero) is 1. The zero-order valence-electron chi connectivity index (χ0n) is 15.2. The van der Waals surface area contributed by atoms with Crippen molar-refractivity contribution in [1.82, 2.24) is 4.72 Å². The van der Waals surface area contributed by atoms with Gasteiger partial charge in [0.1, 0.15) is 11.6 Å². The summed E-state index contributed by atoms with van der Waals surface area (Å²) in [6, 6.07) is 11.8. The molecule has 0 saturated heterocycles. The highest BCUT2D eigenvalue weighted by molar-refractivity contribution is 7.89. The van der Waals surface area contributed by atoms with Crippen LogP contribution in [0.15, 0.2) is 53.4 Å². The van der Waals surface area contributed by atoms with E-state index >= 15 is 0 Å². The molecule has 0 bridgehead atoms. The number of carbonyl (C=O) groups excluding carboxylic acids is 1. The van der Waals surface area contributed by atoms with E-state index in [9.17, 15) is 17.6 Å². The van der Waals surface area contributed by atoms with Crippen molar-refractivity contribution in [2.45, 2.75) is 31.3 Å². The van der Waals surface area contributed by atoms with E-state index in [1.54, 1.807) is 39.0 Å².